The van der Waals surface area contributed by atoms with Gasteiger partial charge in [0.25, 0.3) is 0 Å². The highest BCUT2D eigenvalue weighted by atomic mass is 16.5. The number of nitrogens with zero attached hydrogens (tertiary/aromatic N) is 5. The third kappa shape index (κ3) is 4.03. The monoisotopic (exact) mass is 333 g/mol. The van der Waals surface area contributed by atoms with Gasteiger partial charge in [0.1, 0.15) is 5.69 Å². The molecule has 2 aromatic heterocycles. The van der Waals surface area contributed by atoms with Crippen LogP contribution in [0, 0.1) is 0 Å². The van der Waals surface area contributed by atoms with Crippen LogP contribution in [-0.2, 0) is 24.4 Å². The predicted octanol–water partition coefficient (Wildman–Crippen LogP) is 1.57. The van der Waals surface area contributed by atoms with Gasteiger partial charge < -0.3 is 14.1 Å². The molecule has 1 atom stereocenters. The van der Waals surface area contributed by atoms with Crippen LogP contribution in [0.1, 0.15) is 29.8 Å². The molecule has 132 valence electrons. The van der Waals surface area contributed by atoms with Crippen LogP contribution < -0.4 is 0 Å². The van der Waals surface area contributed by atoms with E-state index in [9.17, 15) is 0 Å². The Kier molecular flexibility index (Phi) is 5.65. The fraction of sp³-hybridized carbons (Fsp3) is 0.647. The van der Waals surface area contributed by atoms with E-state index < -0.39 is 0 Å². The second kappa shape index (κ2) is 7.92. The van der Waals surface area contributed by atoms with Crippen LogP contribution in [0.4, 0.5) is 0 Å². The molecule has 0 bridgehead atoms. The van der Waals surface area contributed by atoms with Crippen molar-refractivity contribution in [2.24, 2.45) is 0 Å². The molecule has 0 saturated heterocycles. The highest BCUT2D eigenvalue weighted by Crippen LogP contribution is 2.28. The van der Waals surface area contributed by atoms with Crippen LogP contribution in [-0.4, -0.2) is 65.2 Å². The molecule has 0 unspecified atom stereocenters. The molecular formula is C17H27N5O2. The molecular weight excluding hydrogens is 306 g/mol. The van der Waals surface area contributed by atoms with Gasteiger partial charge in [0.2, 0.25) is 0 Å². The first kappa shape index (κ1) is 17.1. The fourth-order valence-corrected chi connectivity index (χ4v) is 3.19. The molecule has 7 heteroatoms. The van der Waals surface area contributed by atoms with E-state index in [-0.39, 0.29) is 0 Å². The summed E-state index contributed by atoms with van der Waals surface area (Å²) in [5, 5.41) is 8.71. The van der Waals surface area contributed by atoms with Gasteiger partial charge in [-0.25, -0.2) is 4.68 Å². The SMILES string of the molecule is CCn1nnc2c1[C@@H](COCCN(C)C)CN(Cc1ccoc1)C2. The van der Waals surface area contributed by atoms with Gasteiger partial charge in [-0.1, -0.05) is 5.21 Å². The van der Waals surface area contributed by atoms with Gasteiger partial charge >= 0.3 is 0 Å². The number of fused-ring (bicyclic) bond motifs is 1. The van der Waals surface area contributed by atoms with Crippen LogP contribution in [0.2, 0.25) is 0 Å². The van der Waals surface area contributed by atoms with Gasteiger partial charge in [0.15, 0.2) is 0 Å². The molecule has 0 aliphatic carbocycles. The number of likely N-dealkylation sites (N-methyl/N-ethyl adjacent to an activating group) is 1. The minimum Gasteiger partial charge on any atom is -0.472 e. The van der Waals surface area contributed by atoms with E-state index in [0.29, 0.717) is 12.5 Å². The maximum atomic E-state index is 5.94. The van der Waals surface area contributed by atoms with Crippen molar-refractivity contribution in [3.05, 3.63) is 35.5 Å². The summed E-state index contributed by atoms with van der Waals surface area (Å²) in [6.07, 6.45) is 3.53. The molecule has 0 aromatic carbocycles. The lowest BCUT2D eigenvalue weighted by Crippen LogP contribution is -2.36. The number of aryl methyl sites for hydroxylation is 1. The number of furan rings is 1. The highest BCUT2D eigenvalue weighted by Gasteiger charge is 2.30. The first-order chi connectivity index (χ1) is 11.7. The Balaban J connectivity index is 1.68. The summed E-state index contributed by atoms with van der Waals surface area (Å²) in [4.78, 5) is 4.52. The maximum Gasteiger partial charge on any atom is 0.100 e. The molecule has 1 aliphatic heterocycles. The van der Waals surface area contributed by atoms with E-state index >= 15 is 0 Å². The summed E-state index contributed by atoms with van der Waals surface area (Å²) in [6, 6.07) is 2.01. The van der Waals surface area contributed by atoms with Crippen LogP contribution >= 0.6 is 0 Å². The summed E-state index contributed by atoms with van der Waals surface area (Å²) in [6.45, 7) is 7.98. The van der Waals surface area contributed by atoms with E-state index in [2.05, 4.69) is 41.1 Å². The van der Waals surface area contributed by atoms with Crippen LogP contribution in [0.3, 0.4) is 0 Å². The molecule has 0 fully saturated rings. The third-order valence-corrected chi connectivity index (χ3v) is 4.37. The summed E-state index contributed by atoms with van der Waals surface area (Å²) < 4.78 is 13.1. The molecule has 2 aromatic rings. The van der Waals surface area contributed by atoms with E-state index in [0.717, 1.165) is 45.0 Å². The lowest BCUT2D eigenvalue weighted by molar-refractivity contribution is 0.0832. The summed E-state index contributed by atoms with van der Waals surface area (Å²) in [5.41, 5.74) is 3.51. The topological polar surface area (TPSA) is 59.6 Å². The molecule has 0 saturated carbocycles. The number of rotatable bonds is 8. The van der Waals surface area contributed by atoms with Crippen molar-refractivity contribution in [1.82, 2.24) is 24.8 Å². The van der Waals surface area contributed by atoms with E-state index in [1.807, 2.05) is 10.7 Å². The van der Waals surface area contributed by atoms with Gasteiger partial charge in [-0.15, -0.1) is 5.10 Å². The van der Waals surface area contributed by atoms with Gasteiger partial charge in [0, 0.05) is 44.2 Å². The van der Waals surface area contributed by atoms with Crippen molar-refractivity contribution < 1.29 is 9.15 Å². The van der Waals surface area contributed by atoms with Gasteiger partial charge in [-0.05, 0) is 27.1 Å². The molecule has 7 nitrogen and oxygen atoms in total. The summed E-state index contributed by atoms with van der Waals surface area (Å²) in [7, 11) is 4.12. The fourth-order valence-electron chi connectivity index (χ4n) is 3.19. The number of ether oxygens (including phenoxy) is 1. The Morgan fingerprint density at radius 1 is 1.42 bits per heavy atom. The van der Waals surface area contributed by atoms with E-state index in [1.54, 1.807) is 12.5 Å². The van der Waals surface area contributed by atoms with Crippen molar-refractivity contribution in [3.63, 3.8) is 0 Å². The van der Waals surface area contributed by atoms with Crippen LogP contribution in [0.25, 0.3) is 0 Å². The molecule has 0 spiro atoms. The van der Waals surface area contributed by atoms with Crippen molar-refractivity contribution >= 4 is 0 Å². The lowest BCUT2D eigenvalue weighted by atomic mass is 9.98. The highest BCUT2D eigenvalue weighted by molar-refractivity contribution is 5.20. The zero-order valence-electron chi connectivity index (χ0n) is 14.8. The minimum atomic E-state index is 0.303. The number of aromatic nitrogens is 3. The molecule has 0 N–H and O–H groups in total. The Bertz CT molecular complexity index is 623. The molecule has 3 heterocycles. The Morgan fingerprint density at radius 2 is 2.29 bits per heavy atom. The van der Waals surface area contributed by atoms with E-state index in [4.69, 9.17) is 9.15 Å². The minimum absolute atomic E-state index is 0.303. The van der Waals surface area contributed by atoms with Crippen LogP contribution in [0.5, 0.6) is 0 Å². The average molecular weight is 333 g/mol. The predicted molar refractivity (Wildman–Crippen MR) is 90.6 cm³/mol. The normalized spacial score (nSPS) is 18.2. The Hall–Kier alpha value is -1.70. The largest absolute Gasteiger partial charge is 0.472 e. The molecule has 0 amide bonds. The second-order valence-corrected chi connectivity index (χ2v) is 6.61. The standard InChI is InChI=1S/C17H27N5O2/c1-4-22-17-15(13-24-8-6-20(2)3)10-21(11-16(17)18-19-22)9-14-5-7-23-12-14/h5,7,12,15H,4,6,8-11,13H2,1-3H3/t15-/m1/s1. The third-order valence-electron chi connectivity index (χ3n) is 4.37. The quantitative estimate of drug-likeness (QED) is 0.684. The Labute approximate surface area is 143 Å². The van der Waals surface area contributed by atoms with E-state index in [1.165, 1.54) is 11.3 Å². The van der Waals surface area contributed by atoms with Crippen molar-refractivity contribution in [3.8, 4) is 0 Å². The lowest BCUT2D eigenvalue weighted by Gasteiger charge is -2.32. The molecule has 1 aliphatic rings. The van der Waals surface area contributed by atoms with Crippen molar-refractivity contribution in [2.75, 3.05) is 40.4 Å². The first-order valence-corrected chi connectivity index (χ1v) is 8.55. The van der Waals surface area contributed by atoms with Crippen molar-refractivity contribution in [1.29, 1.82) is 0 Å². The van der Waals surface area contributed by atoms with Crippen LogP contribution in [0.15, 0.2) is 23.0 Å². The number of hydrogen-bond acceptors (Lipinski definition) is 6. The molecule has 0 radical (unpaired) electrons. The summed E-state index contributed by atoms with van der Waals surface area (Å²) >= 11 is 0. The summed E-state index contributed by atoms with van der Waals surface area (Å²) in [5.74, 6) is 0.303. The van der Waals surface area contributed by atoms with Crippen molar-refractivity contribution in [2.45, 2.75) is 32.5 Å². The Morgan fingerprint density at radius 3 is 3.00 bits per heavy atom. The van der Waals surface area contributed by atoms with Gasteiger partial charge in [0.05, 0.1) is 31.4 Å². The molecule has 3 rings (SSSR count). The average Bonchev–Trinajstić information content (AvgIpc) is 3.20. The molecule has 24 heavy (non-hydrogen) atoms. The zero-order chi connectivity index (χ0) is 16.9. The number of hydrogen-bond donors (Lipinski definition) is 0. The maximum absolute atomic E-state index is 5.94. The second-order valence-electron chi connectivity index (χ2n) is 6.61. The van der Waals surface area contributed by atoms with Gasteiger partial charge in [-0.2, -0.15) is 0 Å². The first-order valence-electron chi connectivity index (χ1n) is 8.55. The van der Waals surface area contributed by atoms with Gasteiger partial charge in [-0.3, -0.25) is 4.90 Å². The zero-order valence-corrected chi connectivity index (χ0v) is 14.8. The smallest absolute Gasteiger partial charge is 0.100 e.